The van der Waals surface area contributed by atoms with Crippen molar-refractivity contribution in [2.75, 3.05) is 11.9 Å². The van der Waals surface area contributed by atoms with E-state index < -0.39 is 0 Å². The maximum absolute atomic E-state index is 5.83. The fraction of sp³-hybridized carbons (Fsp3) is 0.500. The van der Waals surface area contributed by atoms with Crippen LogP contribution >= 0.6 is 0 Å². The molecule has 0 aliphatic rings. The molecule has 0 aliphatic heterocycles. The topological polar surface area (TPSA) is 89.9 Å². The predicted molar refractivity (Wildman–Crippen MR) is 61.1 cm³/mol. The van der Waals surface area contributed by atoms with Gasteiger partial charge in [0.15, 0.2) is 0 Å². The Morgan fingerprint density at radius 3 is 3.06 bits per heavy atom. The molecule has 0 aliphatic carbocycles. The Morgan fingerprint density at radius 2 is 2.31 bits per heavy atom. The molecule has 2 aromatic heterocycles. The molecule has 16 heavy (non-hydrogen) atoms. The summed E-state index contributed by atoms with van der Waals surface area (Å²) >= 11 is 0. The zero-order valence-corrected chi connectivity index (χ0v) is 9.40. The molecule has 2 rings (SSSR count). The van der Waals surface area contributed by atoms with Crippen LogP contribution in [0.3, 0.4) is 0 Å². The second kappa shape index (κ2) is 4.44. The Kier molecular flexibility index (Phi) is 3.00. The van der Waals surface area contributed by atoms with Gasteiger partial charge in [0.2, 0.25) is 0 Å². The molecule has 1 unspecified atom stereocenters. The van der Waals surface area contributed by atoms with Crippen LogP contribution in [0.1, 0.15) is 19.0 Å². The minimum Gasteiger partial charge on any atom is -0.368 e. The molecule has 0 radical (unpaired) electrons. The lowest BCUT2D eigenvalue weighted by molar-refractivity contribution is 0.442. The first-order valence-electron chi connectivity index (χ1n) is 5.28. The third kappa shape index (κ3) is 1.96. The number of aromatic nitrogens is 3. The first kappa shape index (κ1) is 10.8. The Labute approximate surface area is 93.2 Å². The van der Waals surface area contributed by atoms with Gasteiger partial charge in [-0.15, -0.1) is 0 Å². The standard InChI is InChI=1S/C10H15N5O/c1-3-7(11)4-12-9-8-6(2)15-16-10(8)14-5-13-9/h5,7H,3-4,11H2,1-2H3,(H,12,13,14). The number of nitrogens with zero attached hydrogens (tertiary/aromatic N) is 3. The van der Waals surface area contributed by atoms with Gasteiger partial charge in [-0.1, -0.05) is 12.1 Å². The highest BCUT2D eigenvalue weighted by Crippen LogP contribution is 2.21. The molecular formula is C10H15N5O. The number of fused-ring (bicyclic) bond motifs is 1. The zero-order valence-electron chi connectivity index (χ0n) is 9.40. The molecule has 0 amide bonds. The summed E-state index contributed by atoms with van der Waals surface area (Å²) in [6, 6.07) is 0.116. The fourth-order valence-electron chi connectivity index (χ4n) is 1.43. The summed E-state index contributed by atoms with van der Waals surface area (Å²) in [6.07, 6.45) is 2.37. The van der Waals surface area contributed by atoms with Gasteiger partial charge in [0.25, 0.3) is 5.71 Å². The first-order valence-corrected chi connectivity index (χ1v) is 5.28. The van der Waals surface area contributed by atoms with Crippen molar-refractivity contribution in [3.8, 4) is 0 Å². The molecule has 0 bridgehead atoms. The number of nitrogens with one attached hydrogen (secondary N) is 1. The largest absolute Gasteiger partial charge is 0.368 e. The molecular weight excluding hydrogens is 206 g/mol. The summed E-state index contributed by atoms with van der Waals surface area (Å²) in [6.45, 7) is 4.58. The number of aryl methyl sites for hydroxylation is 1. The Morgan fingerprint density at radius 1 is 1.50 bits per heavy atom. The summed E-state index contributed by atoms with van der Waals surface area (Å²) < 4.78 is 5.05. The van der Waals surface area contributed by atoms with Gasteiger partial charge in [-0.3, -0.25) is 0 Å². The third-order valence-corrected chi connectivity index (χ3v) is 2.50. The summed E-state index contributed by atoms with van der Waals surface area (Å²) in [7, 11) is 0. The Balaban J connectivity index is 2.26. The van der Waals surface area contributed by atoms with E-state index >= 15 is 0 Å². The summed E-state index contributed by atoms with van der Waals surface area (Å²) in [5.41, 5.74) is 7.11. The molecule has 6 nitrogen and oxygen atoms in total. The first-order chi connectivity index (χ1) is 7.72. The van der Waals surface area contributed by atoms with Crippen molar-refractivity contribution in [2.45, 2.75) is 26.3 Å². The van der Waals surface area contributed by atoms with E-state index in [1.165, 1.54) is 6.33 Å². The van der Waals surface area contributed by atoms with Crippen LogP contribution in [0.25, 0.3) is 11.1 Å². The van der Waals surface area contributed by atoms with Gasteiger partial charge in [0, 0.05) is 12.6 Å². The van der Waals surface area contributed by atoms with Crippen molar-refractivity contribution in [1.82, 2.24) is 15.1 Å². The Hall–Kier alpha value is -1.69. The molecule has 3 N–H and O–H groups in total. The van der Waals surface area contributed by atoms with Crippen LogP contribution in [-0.2, 0) is 0 Å². The molecule has 0 fully saturated rings. The lowest BCUT2D eigenvalue weighted by Crippen LogP contribution is -2.28. The summed E-state index contributed by atoms with van der Waals surface area (Å²) in [5.74, 6) is 0.729. The van der Waals surface area contributed by atoms with E-state index in [2.05, 4.69) is 20.4 Å². The van der Waals surface area contributed by atoms with Crippen LogP contribution in [0.2, 0.25) is 0 Å². The van der Waals surface area contributed by atoms with Gasteiger partial charge < -0.3 is 15.6 Å². The van der Waals surface area contributed by atoms with E-state index in [1.54, 1.807) is 0 Å². The van der Waals surface area contributed by atoms with Crippen LogP contribution in [0.5, 0.6) is 0 Å². The molecule has 0 saturated carbocycles. The summed E-state index contributed by atoms with van der Waals surface area (Å²) in [5, 5.41) is 7.87. The molecule has 0 aromatic carbocycles. The average molecular weight is 221 g/mol. The van der Waals surface area contributed by atoms with Gasteiger partial charge >= 0.3 is 0 Å². The molecule has 6 heteroatoms. The van der Waals surface area contributed by atoms with E-state index in [9.17, 15) is 0 Å². The summed E-state index contributed by atoms with van der Waals surface area (Å²) in [4.78, 5) is 8.17. The van der Waals surface area contributed by atoms with Crippen molar-refractivity contribution in [3.05, 3.63) is 12.0 Å². The molecule has 2 aromatic rings. The maximum atomic E-state index is 5.83. The fourth-order valence-corrected chi connectivity index (χ4v) is 1.43. The van der Waals surface area contributed by atoms with Crippen molar-refractivity contribution in [3.63, 3.8) is 0 Å². The molecule has 2 heterocycles. The lowest BCUT2D eigenvalue weighted by atomic mass is 10.2. The minimum atomic E-state index is 0.116. The van der Waals surface area contributed by atoms with Crippen LogP contribution in [-0.4, -0.2) is 27.7 Å². The van der Waals surface area contributed by atoms with Crippen molar-refractivity contribution in [2.24, 2.45) is 5.73 Å². The predicted octanol–water partition coefficient (Wildman–Crippen LogP) is 1.08. The second-order valence-electron chi connectivity index (χ2n) is 3.72. The maximum Gasteiger partial charge on any atom is 0.263 e. The Bertz CT molecular complexity index is 481. The quantitative estimate of drug-likeness (QED) is 0.802. The molecule has 86 valence electrons. The zero-order chi connectivity index (χ0) is 11.5. The van der Waals surface area contributed by atoms with E-state index in [4.69, 9.17) is 10.3 Å². The molecule has 0 spiro atoms. The highest BCUT2D eigenvalue weighted by molar-refractivity contribution is 5.87. The third-order valence-electron chi connectivity index (χ3n) is 2.50. The van der Waals surface area contributed by atoms with Gasteiger partial charge in [-0.25, -0.2) is 4.98 Å². The molecule has 0 saturated heterocycles. The van der Waals surface area contributed by atoms with E-state index in [-0.39, 0.29) is 6.04 Å². The van der Waals surface area contributed by atoms with Crippen molar-refractivity contribution in [1.29, 1.82) is 0 Å². The van der Waals surface area contributed by atoms with Crippen LogP contribution in [0.4, 0.5) is 5.82 Å². The van der Waals surface area contributed by atoms with Crippen molar-refractivity contribution >= 4 is 16.9 Å². The van der Waals surface area contributed by atoms with Crippen LogP contribution < -0.4 is 11.1 Å². The monoisotopic (exact) mass is 221 g/mol. The van der Waals surface area contributed by atoms with Gasteiger partial charge in [-0.2, -0.15) is 4.98 Å². The van der Waals surface area contributed by atoms with Crippen LogP contribution in [0, 0.1) is 6.92 Å². The lowest BCUT2D eigenvalue weighted by Gasteiger charge is -2.10. The number of hydrogen-bond acceptors (Lipinski definition) is 6. The number of anilines is 1. The van der Waals surface area contributed by atoms with Crippen molar-refractivity contribution < 1.29 is 4.52 Å². The smallest absolute Gasteiger partial charge is 0.263 e. The number of nitrogens with two attached hydrogens (primary N) is 1. The van der Waals surface area contributed by atoms with Gasteiger partial charge in [-0.05, 0) is 13.3 Å². The highest BCUT2D eigenvalue weighted by Gasteiger charge is 2.11. The molecule has 1 atom stereocenters. The van der Waals surface area contributed by atoms with Gasteiger partial charge in [0.05, 0.1) is 5.69 Å². The van der Waals surface area contributed by atoms with E-state index in [1.807, 2.05) is 13.8 Å². The van der Waals surface area contributed by atoms with Gasteiger partial charge in [0.1, 0.15) is 17.5 Å². The van der Waals surface area contributed by atoms with Crippen LogP contribution in [0.15, 0.2) is 10.9 Å². The number of rotatable bonds is 4. The van der Waals surface area contributed by atoms with E-state index in [0.29, 0.717) is 12.3 Å². The highest BCUT2D eigenvalue weighted by atomic mass is 16.5. The average Bonchev–Trinajstić information content (AvgIpc) is 2.69. The number of hydrogen-bond donors (Lipinski definition) is 2. The normalized spacial score (nSPS) is 12.9. The SMILES string of the molecule is CCC(N)CNc1ncnc2onc(C)c12. The van der Waals surface area contributed by atoms with E-state index in [0.717, 1.165) is 23.3 Å². The minimum absolute atomic E-state index is 0.116. The second-order valence-corrected chi connectivity index (χ2v) is 3.72.